The highest BCUT2D eigenvalue weighted by Gasteiger charge is 2.31. The summed E-state index contributed by atoms with van der Waals surface area (Å²) >= 11 is 0. The highest BCUT2D eigenvalue weighted by Crippen LogP contribution is 2.33. The molecule has 0 saturated heterocycles. The minimum atomic E-state index is -4.32. The summed E-state index contributed by atoms with van der Waals surface area (Å²) < 4.78 is 37.8. The molecule has 0 aliphatic heterocycles. The first kappa shape index (κ1) is 14.8. The summed E-state index contributed by atoms with van der Waals surface area (Å²) in [6, 6.07) is 3.99. The predicted octanol–water partition coefficient (Wildman–Crippen LogP) is 3.40. The van der Waals surface area contributed by atoms with Crippen LogP contribution >= 0.6 is 0 Å². The van der Waals surface area contributed by atoms with Crippen LogP contribution in [-0.4, -0.2) is 13.1 Å². The second kappa shape index (κ2) is 5.61. The average Bonchev–Trinajstić information content (AvgIpc) is 2.35. The first-order valence-corrected chi connectivity index (χ1v) is 5.94. The van der Waals surface area contributed by atoms with Crippen molar-refractivity contribution in [2.24, 2.45) is 5.73 Å². The van der Waals surface area contributed by atoms with Crippen molar-refractivity contribution in [1.29, 1.82) is 0 Å². The Morgan fingerprint density at radius 1 is 1.33 bits per heavy atom. The minimum Gasteiger partial charge on any atom is -0.372 e. The lowest BCUT2D eigenvalue weighted by atomic mass is 10.1. The average molecular weight is 260 g/mol. The predicted molar refractivity (Wildman–Crippen MR) is 67.5 cm³/mol. The fourth-order valence-electron chi connectivity index (χ4n) is 1.78. The van der Waals surface area contributed by atoms with Crippen LogP contribution in [0.3, 0.4) is 0 Å². The van der Waals surface area contributed by atoms with Gasteiger partial charge < -0.3 is 10.6 Å². The van der Waals surface area contributed by atoms with Crippen molar-refractivity contribution < 1.29 is 13.2 Å². The molecule has 2 N–H and O–H groups in total. The molecule has 0 spiro atoms. The normalized spacial score (nSPS) is 13.5. The van der Waals surface area contributed by atoms with E-state index in [2.05, 4.69) is 0 Å². The summed E-state index contributed by atoms with van der Waals surface area (Å²) in [4.78, 5) is 1.96. The number of rotatable bonds is 4. The van der Waals surface area contributed by atoms with Crippen molar-refractivity contribution in [3.63, 3.8) is 0 Å². The molecule has 102 valence electrons. The zero-order chi connectivity index (χ0) is 13.9. The van der Waals surface area contributed by atoms with Crippen LogP contribution < -0.4 is 10.6 Å². The Bertz CT molecular complexity index is 402. The molecule has 0 amide bonds. The molecule has 2 nitrogen and oxygen atoms in total. The molecule has 0 bridgehead atoms. The third-order valence-corrected chi connectivity index (χ3v) is 3.26. The molecule has 1 unspecified atom stereocenters. The second-order valence-corrected chi connectivity index (χ2v) is 4.41. The molecule has 0 fully saturated rings. The van der Waals surface area contributed by atoms with E-state index in [4.69, 9.17) is 5.73 Å². The monoisotopic (exact) mass is 260 g/mol. The van der Waals surface area contributed by atoms with Crippen molar-refractivity contribution in [1.82, 2.24) is 0 Å². The molecule has 0 radical (unpaired) electrons. The van der Waals surface area contributed by atoms with E-state index in [9.17, 15) is 13.2 Å². The van der Waals surface area contributed by atoms with Crippen LogP contribution in [0.25, 0.3) is 0 Å². The lowest BCUT2D eigenvalue weighted by Gasteiger charge is -2.28. The Balaban J connectivity index is 3.15. The molecule has 0 aliphatic rings. The van der Waals surface area contributed by atoms with Gasteiger partial charge in [0.2, 0.25) is 0 Å². The van der Waals surface area contributed by atoms with Crippen molar-refractivity contribution in [2.75, 3.05) is 11.9 Å². The van der Waals surface area contributed by atoms with E-state index in [1.54, 1.807) is 0 Å². The van der Waals surface area contributed by atoms with Gasteiger partial charge in [0.25, 0.3) is 0 Å². The molecule has 1 aromatic carbocycles. The van der Waals surface area contributed by atoms with Gasteiger partial charge in [-0.3, -0.25) is 0 Å². The first-order valence-electron chi connectivity index (χ1n) is 5.94. The third kappa shape index (κ3) is 3.16. The van der Waals surface area contributed by atoms with Crippen molar-refractivity contribution in [3.8, 4) is 0 Å². The maximum absolute atomic E-state index is 12.6. The Hall–Kier alpha value is -1.23. The van der Waals surface area contributed by atoms with Gasteiger partial charge in [0, 0.05) is 25.3 Å². The van der Waals surface area contributed by atoms with Crippen LogP contribution in [-0.2, 0) is 12.7 Å². The molecule has 0 heterocycles. The summed E-state index contributed by atoms with van der Waals surface area (Å²) in [6.45, 7) is 4.16. The molecule has 5 heteroatoms. The minimum absolute atomic E-state index is 0.0972. The number of anilines is 1. The zero-order valence-corrected chi connectivity index (χ0v) is 10.9. The van der Waals surface area contributed by atoms with E-state index < -0.39 is 11.7 Å². The molecule has 1 aromatic rings. The van der Waals surface area contributed by atoms with Crippen molar-refractivity contribution >= 4 is 5.69 Å². The summed E-state index contributed by atoms with van der Waals surface area (Å²) in [5.41, 5.74) is 6.18. The van der Waals surface area contributed by atoms with E-state index >= 15 is 0 Å². The summed E-state index contributed by atoms with van der Waals surface area (Å²) in [6.07, 6.45) is -3.40. The molecule has 1 rings (SSSR count). The molecule has 0 aliphatic carbocycles. The van der Waals surface area contributed by atoms with Gasteiger partial charge in [-0.2, -0.15) is 13.2 Å². The van der Waals surface area contributed by atoms with Crippen molar-refractivity contribution in [3.05, 3.63) is 29.3 Å². The molecular weight excluding hydrogens is 241 g/mol. The summed E-state index contributed by atoms with van der Waals surface area (Å²) in [5, 5.41) is 0. The van der Waals surface area contributed by atoms with Crippen LogP contribution in [0.4, 0.5) is 18.9 Å². The Kier molecular flexibility index (Phi) is 4.62. The maximum Gasteiger partial charge on any atom is 0.416 e. The van der Waals surface area contributed by atoms with Crippen LogP contribution in [0.5, 0.6) is 0 Å². The van der Waals surface area contributed by atoms with Gasteiger partial charge in [-0.1, -0.05) is 6.92 Å². The van der Waals surface area contributed by atoms with Gasteiger partial charge in [0.05, 0.1) is 5.56 Å². The van der Waals surface area contributed by atoms with E-state index in [1.807, 2.05) is 25.8 Å². The van der Waals surface area contributed by atoms with Gasteiger partial charge in [0.1, 0.15) is 0 Å². The molecule has 0 aromatic heterocycles. The topological polar surface area (TPSA) is 29.3 Å². The summed E-state index contributed by atoms with van der Waals surface area (Å²) in [5.74, 6) is 0. The number of nitrogens with two attached hydrogens (primary N) is 1. The number of nitrogens with zero attached hydrogens (tertiary/aromatic N) is 1. The van der Waals surface area contributed by atoms with Crippen LogP contribution in [0.2, 0.25) is 0 Å². The van der Waals surface area contributed by atoms with Crippen molar-refractivity contribution in [2.45, 2.75) is 39.0 Å². The Labute approximate surface area is 106 Å². The quantitative estimate of drug-likeness (QED) is 0.899. The maximum atomic E-state index is 12.6. The van der Waals surface area contributed by atoms with Crippen LogP contribution in [0.15, 0.2) is 18.2 Å². The Morgan fingerprint density at radius 2 is 1.94 bits per heavy atom. The molecule has 0 saturated carbocycles. The highest BCUT2D eigenvalue weighted by atomic mass is 19.4. The smallest absolute Gasteiger partial charge is 0.372 e. The van der Waals surface area contributed by atoms with E-state index in [0.29, 0.717) is 5.56 Å². The van der Waals surface area contributed by atoms with Gasteiger partial charge in [-0.05, 0) is 37.1 Å². The van der Waals surface area contributed by atoms with Crippen LogP contribution in [0, 0.1) is 0 Å². The SMILES string of the molecule is CCC(C)N(C)c1ccc(C(F)(F)F)cc1CN. The standard InChI is InChI=1S/C13H19F3N2/c1-4-9(2)18(3)12-6-5-11(13(14,15)16)7-10(12)8-17/h5-7,9H,4,8,17H2,1-3H3. The largest absolute Gasteiger partial charge is 0.416 e. The van der Waals surface area contributed by atoms with E-state index in [1.165, 1.54) is 6.07 Å². The number of benzene rings is 1. The lowest BCUT2D eigenvalue weighted by Crippen LogP contribution is -2.29. The zero-order valence-electron chi connectivity index (χ0n) is 10.9. The van der Waals surface area contributed by atoms with Crippen LogP contribution in [0.1, 0.15) is 31.4 Å². The fraction of sp³-hybridized carbons (Fsp3) is 0.538. The number of alkyl halides is 3. The van der Waals surface area contributed by atoms with Gasteiger partial charge >= 0.3 is 6.18 Å². The Morgan fingerprint density at radius 3 is 2.39 bits per heavy atom. The third-order valence-electron chi connectivity index (χ3n) is 3.26. The van der Waals surface area contributed by atoms with Gasteiger partial charge in [0.15, 0.2) is 0 Å². The fourth-order valence-corrected chi connectivity index (χ4v) is 1.78. The van der Waals surface area contributed by atoms with Gasteiger partial charge in [-0.15, -0.1) is 0 Å². The van der Waals surface area contributed by atoms with Gasteiger partial charge in [-0.25, -0.2) is 0 Å². The number of hydrogen-bond acceptors (Lipinski definition) is 2. The highest BCUT2D eigenvalue weighted by molar-refractivity contribution is 5.55. The first-order chi connectivity index (χ1) is 8.31. The second-order valence-electron chi connectivity index (χ2n) is 4.41. The number of halogens is 3. The summed E-state index contributed by atoms with van der Waals surface area (Å²) in [7, 11) is 1.87. The number of hydrogen-bond donors (Lipinski definition) is 1. The lowest BCUT2D eigenvalue weighted by molar-refractivity contribution is -0.137. The van der Waals surface area contributed by atoms with E-state index in [-0.39, 0.29) is 12.6 Å². The molecule has 1 atom stereocenters. The van der Waals surface area contributed by atoms with E-state index in [0.717, 1.165) is 24.2 Å². The molecular formula is C13H19F3N2. The molecule has 18 heavy (non-hydrogen) atoms.